The van der Waals surface area contributed by atoms with Gasteiger partial charge in [0.25, 0.3) is 0 Å². The van der Waals surface area contributed by atoms with Crippen LogP contribution in [0.15, 0.2) is 36.5 Å². The molecule has 3 rings (SSSR count). The number of ether oxygens (including phenoxy) is 3. The lowest BCUT2D eigenvalue weighted by molar-refractivity contribution is 0.0513. The zero-order valence-corrected chi connectivity index (χ0v) is 17.2. The van der Waals surface area contributed by atoms with Gasteiger partial charge < -0.3 is 25.7 Å². The Kier molecular flexibility index (Phi) is 6.99. The molecule has 4 N–H and O–H groups in total. The van der Waals surface area contributed by atoms with Crippen molar-refractivity contribution in [2.45, 2.75) is 13.3 Å². The molecular formula is C22H23FN4O4. The van der Waals surface area contributed by atoms with Gasteiger partial charge in [-0.15, -0.1) is 0 Å². The molecule has 0 unspecified atom stereocenters. The van der Waals surface area contributed by atoms with Crippen molar-refractivity contribution in [1.82, 2.24) is 9.97 Å². The zero-order valence-electron chi connectivity index (χ0n) is 17.2. The number of rotatable bonds is 9. The lowest BCUT2D eigenvalue weighted by atomic mass is 9.97. The van der Waals surface area contributed by atoms with E-state index < -0.39 is 5.82 Å². The molecule has 2 aromatic carbocycles. The number of hydrogen-bond acceptors (Lipinski definition) is 8. The topological polar surface area (TPSA) is 123 Å². The summed E-state index contributed by atoms with van der Waals surface area (Å²) >= 11 is 0. The Morgan fingerprint density at radius 1 is 1.13 bits per heavy atom. The van der Waals surface area contributed by atoms with E-state index in [0.29, 0.717) is 47.5 Å². The fraction of sp³-hybridized carbons (Fsp3) is 0.227. The summed E-state index contributed by atoms with van der Waals surface area (Å²) in [6.45, 7) is 2.19. The number of hydrogen-bond donors (Lipinski definition) is 2. The number of anilines is 2. The van der Waals surface area contributed by atoms with Crippen molar-refractivity contribution in [3.63, 3.8) is 0 Å². The van der Waals surface area contributed by atoms with Gasteiger partial charge >= 0.3 is 0 Å². The molecule has 0 spiro atoms. The monoisotopic (exact) mass is 426 g/mol. The van der Waals surface area contributed by atoms with Gasteiger partial charge in [-0.25, -0.2) is 9.37 Å². The lowest BCUT2D eigenvalue weighted by Crippen LogP contribution is -2.06. The minimum atomic E-state index is -0.636. The van der Waals surface area contributed by atoms with Crippen molar-refractivity contribution in [2.24, 2.45) is 0 Å². The van der Waals surface area contributed by atoms with Crippen molar-refractivity contribution < 1.29 is 23.4 Å². The third-order valence-corrected chi connectivity index (χ3v) is 4.49. The van der Waals surface area contributed by atoms with Gasteiger partial charge in [0, 0.05) is 25.3 Å². The van der Waals surface area contributed by atoms with E-state index >= 15 is 0 Å². The molecule has 0 saturated carbocycles. The highest BCUT2D eigenvalue weighted by molar-refractivity contribution is 5.81. The number of nitrogen functional groups attached to an aromatic ring is 2. The van der Waals surface area contributed by atoms with Gasteiger partial charge in [-0.3, -0.25) is 4.79 Å². The third kappa shape index (κ3) is 5.07. The summed E-state index contributed by atoms with van der Waals surface area (Å²) in [7, 11) is 1.50. The van der Waals surface area contributed by atoms with E-state index in [4.69, 9.17) is 25.7 Å². The van der Waals surface area contributed by atoms with Gasteiger partial charge in [0.2, 0.25) is 5.95 Å². The van der Waals surface area contributed by atoms with Crippen LogP contribution in [0.5, 0.6) is 11.5 Å². The van der Waals surface area contributed by atoms with Crippen LogP contribution in [-0.2, 0) is 11.2 Å². The van der Waals surface area contributed by atoms with E-state index in [1.54, 1.807) is 18.3 Å². The highest BCUT2D eigenvalue weighted by atomic mass is 19.1. The van der Waals surface area contributed by atoms with Crippen molar-refractivity contribution >= 4 is 18.1 Å². The van der Waals surface area contributed by atoms with Crippen LogP contribution in [0.2, 0.25) is 0 Å². The van der Waals surface area contributed by atoms with E-state index in [9.17, 15) is 9.18 Å². The van der Waals surface area contributed by atoms with Crippen LogP contribution in [-0.4, -0.2) is 36.8 Å². The van der Waals surface area contributed by atoms with Crippen LogP contribution in [0.25, 0.3) is 11.1 Å². The average molecular weight is 426 g/mol. The lowest BCUT2D eigenvalue weighted by Gasteiger charge is -2.18. The molecule has 0 aliphatic heterocycles. The van der Waals surface area contributed by atoms with Crippen LogP contribution in [0.1, 0.15) is 28.4 Å². The Hall–Kier alpha value is -3.72. The Balaban J connectivity index is 2.12. The van der Waals surface area contributed by atoms with E-state index in [0.717, 1.165) is 5.56 Å². The number of nitrogens with two attached hydrogens (primary N) is 2. The van der Waals surface area contributed by atoms with Crippen LogP contribution in [0, 0.1) is 5.82 Å². The number of halogens is 1. The number of carbonyl (C=O) groups excluding carboxylic acids is 1. The van der Waals surface area contributed by atoms with Crippen LogP contribution in [0.4, 0.5) is 16.2 Å². The SMILES string of the molecule is CCOc1cc(Cc2cnc(N)nc2N)cc(OCOC)c1-c1ccc(C=O)c(F)c1. The second-order valence-electron chi connectivity index (χ2n) is 6.62. The van der Waals surface area contributed by atoms with Crippen molar-refractivity contribution in [3.05, 3.63) is 59.0 Å². The van der Waals surface area contributed by atoms with Gasteiger partial charge in [0.1, 0.15) is 23.1 Å². The largest absolute Gasteiger partial charge is 0.493 e. The Bertz CT molecular complexity index is 1090. The molecule has 0 fully saturated rings. The first kappa shape index (κ1) is 22.0. The first-order chi connectivity index (χ1) is 15.0. The second-order valence-corrected chi connectivity index (χ2v) is 6.62. The molecule has 0 atom stereocenters. The predicted molar refractivity (Wildman–Crippen MR) is 115 cm³/mol. The quantitative estimate of drug-likeness (QED) is 0.395. The summed E-state index contributed by atoms with van der Waals surface area (Å²) in [5.74, 6) is 0.649. The Morgan fingerprint density at radius 3 is 2.48 bits per heavy atom. The zero-order chi connectivity index (χ0) is 22.4. The van der Waals surface area contributed by atoms with Gasteiger partial charge in [-0.1, -0.05) is 6.07 Å². The van der Waals surface area contributed by atoms with Crippen molar-refractivity contribution in [1.29, 1.82) is 0 Å². The molecule has 8 nitrogen and oxygen atoms in total. The maximum atomic E-state index is 14.3. The maximum Gasteiger partial charge on any atom is 0.221 e. The average Bonchev–Trinajstić information content (AvgIpc) is 2.74. The maximum absolute atomic E-state index is 14.3. The molecule has 0 aliphatic rings. The van der Waals surface area contributed by atoms with Gasteiger partial charge in [-0.2, -0.15) is 4.98 Å². The fourth-order valence-electron chi connectivity index (χ4n) is 3.10. The molecule has 1 heterocycles. The van der Waals surface area contributed by atoms with Crippen LogP contribution < -0.4 is 20.9 Å². The number of aldehydes is 1. The summed E-state index contributed by atoms with van der Waals surface area (Å²) in [5, 5.41) is 0. The first-order valence-corrected chi connectivity index (χ1v) is 9.50. The number of nitrogens with zero attached hydrogens (tertiary/aromatic N) is 2. The Morgan fingerprint density at radius 2 is 1.87 bits per heavy atom. The third-order valence-electron chi connectivity index (χ3n) is 4.49. The summed E-state index contributed by atoms with van der Waals surface area (Å²) < 4.78 is 31.0. The van der Waals surface area contributed by atoms with Gasteiger partial charge in [-0.05, 0) is 42.3 Å². The molecule has 1 aromatic heterocycles. The minimum Gasteiger partial charge on any atom is -0.493 e. The summed E-state index contributed by atoms with van der Waals surface area (Å²) in [5.41, 5.74) is 14.0. The molecule has 0 saturated heterocycles. The van der Waals surface area contributed by atoms with Crippen molar-refractivity contribution in [2.75, 3.05) is 32.0 Å². The molecular weight excluding hydrogens is 403 g/mol. The summed E-state index contributed by atoms with van der Waals surface area (Å²) in [6.07, 6.45) is 2.43. The van der Waals surface area contributed by atoms with E-state index in [1.807, 2.05) is 13.0 Å². The molecule has 0 amide bonds. The second kappa shape index (κ2) is 9.86. The number of methoxy groups -OCH3 is 1. The van der Waals surface area contributed by atoms with Crippen LogP contribution in [0.3, 0.4) is 0 Å². The summed E-state index contributed by atoms with van der Waals surface area (Å²) in [4.78, 5) is 19.0. The van der Waals surface area contributed by atoms with E-state index in [2.05, 4.69) is 9.97 Å². The van der Waals surface area contributed by atoms with Crippen molar-refractivity contribution in [3.8, 4) is 22.6 Å². The normalized spacial score (nSPS) is 10.7. The highest BCUT2D eigenvalue weighted by Gasteiger charge is 2.18. The Labute approximate surface area is 179 Å². The highest BCUT2D eigenvalue weighted by Crippen LogP contribution is 2.41. The number of benzene rings is 2. The standard InChI is InChI=1S/C22H23FN4O4/c1-3-30-18-7-13(6-16-10-26-22(25)27-21(16)24)8-19(31-12-29-2)20(18)14-4-5-15(11-28)17(23)9-14/h4-5,7-11H,3,6,12H2,1-2H3,(H4,24,25,26,27). The molecule has 9 heteroatoms. The van der Waals surface area contributed by atoms with E-state index in [-0.39, 0.29) is 24.1 Å². The molecule has 0 bridgehead atoms. The van der Waals surface area contributed by atoms with Crippen LogP contribution >= 0.6 is 0 Å². The first-order valence-electron chi connectivity index (χ1n) is 9.50. The summed E-state index contributed by atoms with van der Waals surface area (Å²) in [6, 6.07) is 7.92. The number of carbonyl (C=O) groups is 1. The molecule has 3 aromatic rings. The molecule has 0 radical (unpaired) electrons. The smallest absolute Gasteiger partial charge is 0.221 e. The van der Waals surface area contributed by atoms with Gasteiger partial charge in [0.05, 0.1) is 17.7 Å². The molecule has 0 aliphatic carbocycles. The minimum absolute atomic E-state index is 0.0238. The fourth-order valence-corrected chi connectivity index (χ4v) is 3.10. The van der Waals surface area contributed by atoms with Gasteiger partial charge in [0.15, 0.2) is 13.1 Å². The predicted octanol–water partition coefficient (Wildman–Crippen LogP) is 3.23. The molecule has 162 valence electrons. The van der Waals surface area contributed by atoms with E-state index in [1.165, 1.54) is 19.2 Å². The molecule has 31 heavy (non-hydrogen) atoms. The number of aromatic nitrogens is 2.